The smallest absolute Gasteiger partial charge is 0.329 e. The van der Waals surface area contributed by atoms with Crippen LogP contribution in [0.25, 0.3) is 10.9 Å². The first-order chi connectivity index (χ1) is 12.7. The summed E-state index contributed by atoms with van der Waals surface area (Å²) in [5, 5.41) is 3.84. The summed E-state index contributed by atoms with van der Waals surface area (Å²) in [6.07, 6.45) is 1.55. The molecule has 0 saturated heterocycles. The Kier molecular flexibility index (Phi) is 3.86. The van der Waals surface area contributed by atoms with E-state index >= 15 is 0 Å². The molecule has 4 rings (SSSR count). The third-order valence-corrected chi connectivity index (χ3v) is 6.27. The van der Waals surface area contributed by atoms with E-state index in [4.69, 9.17) is 4.52 Å². The van der Waals surface area contributed by atoms with Crippen molar-refractivity contribution >= 4 is 20.9 Å². The Balaban J connectivity index is 1.80. The van der Waals surface area contributed by atoms with Crippen molar-refractivity contribution in [2.45, 2.75) is 43.7 Å². The topological polar surface area (TPSA) is 127 Å². The Morgan fingerprint density at radius 1 is 1.30 bits per heavy atom. The van der Waals surface area contributed by atoms with Crippen molar-refractivity contribution in [2.24, 2.45) is 0 Å². The van der Waals surface area contributed by atoms with Gasteiger partial charge in [0, 0.05) is 11.6 Å². The zero-order valence-corrected chi connectivity index (χ0v) is 15.6. The highest BCUT2D eigenvalue weighted by molar-refractivity contribution is 7.89. The molecule has 0 spiro atoms. The van der Waals surface area contributed by atoms with Gasteiger partial charge >= 0.3 is 5.69 Å². The average Bonchev–Trinajstić information content (AvgIpc) is 3.16. The maximum Gasteiger partial charge on any atom is 0.329 e. The van der Waals surface area contributed by atoms with Crippen LogP contribution in [-0.4, -0.2) is 28.7 Å². The number of hydrogen-bond acceptors (Lipinski definition) is 6. The maximum absolute atomic E-state index is 12.8. The summed E-state index contributed by atoms with van der Waals surface area (Å²) >= 11 is 0. The van der Waals surface area contributed by atoms with E-state index in [0.29, 0.717) is 11.5 Å². The van der Waals surface area contributed by atoms with E-state index in [2.05, 4.69) is 14.9 Å². The van der Waals surface area contributed by atoms with Gasteiger partial charge in [0.25, 0.3) is 5.56 Å². The molecule has 1 fully saturated rings. The van der Waals surface area contributed by atoms with Gasteiger partial charge in [-0.2, -0.15) is 0 Å². The van der Waals surface area contributed by atoms with Crippen LogP contribution < -0.4 is 16.0 Å². The summed E-state index contributed by atoms with van der Waals surface area (Å²) in [5.41, 5.74) is -0.739. The zero-order valence-electron chi connectivity index (χ0n) is 14.8. The lowest BCUT2D eigenvalue weighted by Crippen LogP contribution is -2.36. The van der Waals surface area contributed by atoms with Crippen LogP contribution in [0.4, 0.5) is 0 Å². The van der Waals surface area contributed by atoms with Crippen LogP contribution in [0.3, 0.4) is 0 Å². The molecule has 142 valence electrons. The molecule has 3 aromatic rings. The molecule has 1 aliphatic carbocycles. The van der Waals surface area contributed by atoms with Crippen molar-refractivity contribution in [1.29, 1.82) is 0 Å². The van der Waals surface area contributed by atoms with Crippen molar-refractivity contribution in [1.82, 2.24) is 19.4 Å². The van der Waals surface area contributed by atoms with E-state index in [1.807, 2.05) is 6.92 Å². The Bertz CT molecular complexity index is 1260. The molecule has 1 aromatic carbocycles. The van der Waals surface area contributed by atoms with E-state index in [-0.39, 0.29) is 22.3 Å². The normalized spacial score (nSPS) is 15.9. The Morgan fingerprint density at radius 2 is 2.04 bits per heavy atom. The first-order valence-electron chi connectivity index (χ1n) is 8.40. The second-order valence-corrected chi connectivity index (χ2v) is 8.81. The Labute approximate surface area is 154 Å². The van der Waals surface area contributed by atoms with Crippen LogP contribution in [0.2, 0.25) is 0 Å². The third-order valence-electron chi connectivity index (χ3n) is 4.64. The number of aryl methyl sites for hydroxylation is 1. The molecule has 2 aromatic heterocycles. The zero-order chi connectivity index (χ0) is 19.4. The second-order valence-electron chi connectivity index (χ2n) is 7.13. The molecule has 0 amide bonds. The molecule has 1 aliphatic rings. The minimum absolute atomic E-state index is 0.0191. The van der Waals surface area contributed by atoms with Gasteiger partial charge in [0.2, 0.25) is 10.0 Å². The van der Waals surface area contributed by atoms with Crippen molar-refractivity contribution in [2.75, 3.05) is 0 Å². The Hall–Kier alpha value is -2.72. The molecule has 9 nitrogen and oxygen atoms in total. The summed E-state index contributed by atoms with van der Waals surface area (Å²) in [4.78, 5) is 27.6. The van der Waals surface area contributed by atoms with Gasteiger partial charge in [0.1, 0.15) is 0 Å². The number of rotatable bonds is 5. The van der Waals surface area contributed by atoms with Crippen LogP contribution in [-0.2, 0) is 16.6 Å². The van der Waals surface area contributed by atoms with Crippen molar-refractivity contribution in [3.05, 3.63) is 56.6 Å². The predicted molar refractivity (Wildman–Crippen MR) is 97.1 cm³/mol. The van der Waals surface area contributed by atoms with Gasteiger partial charge in [-0.15, -0.1) is 0 Å². The van der Waals surface area contributed by atoms with Gasteiger partial charge in [0.05, 0.1) is 28.0 Å². The molecule has 2 N–H and O–H groups in total. The van der Waals surface area contributed by atoms with Crippen LogP contribution in [0.5, 0.6) is 0 Å². The van der Waals surface area contributed by atoms with Crippen LogP contribution in [0.15, 0.2) is 43.3 Å². The molecule has 10 heteroatoms. The number of nitrogens with one attached hydrogen (secondary N) is 2. The molecule has 0 unspecified atom stereocenters. The number of aromatic amines is 1. The number of sulfonamides is 1. The minimum Gasteiger partial charge on any atom is -0.359 e. The largest absolute Gasteiger partial charge is 0.359 e. The first-order valence-corrected chi connectivity index (χ1v) is 9.88. The molecule has 1 saturated carbocycles. The quantitative estimate of drug-likeness (QED) is 0.665. The molecule has 0 atom stereocenters. The predicted octanol–water partition coefficient (Wildman–Crippen LogP) is 0.865. The monoisotopic (exact) mass is 390 g/mol. The van der Waals surface area contributed by atoms with Crippen LogP contribution >= 0.6 is 0 Å². The highest BCUT2D eigenvalue weighted by Crippen LogP contribution is 2.36. The highest BCUT2D eigenvalue weighted by atomic mass is 32.2. The lowest BCUT2D eigenvalue weighted by molar-refractivity contribution is 0.370. The molecular formula is C17H18N4O5S. The lowest BCUT2D eigenvalue weighted by atomic mass is 10.2. The first kappa shape index (κ1) is 17.7. The SMILES string of the molecule is Cc1cc(Cn2c(=O)[nH]c3ccc(S(=O)(=O)NC4(C)CC4)cc3c2=O)on1. The fourth-order valence-electron chi connectivity index (χ4n) is 2.86. The number of nitrogens with zero attached hydrogens (tertiary/aromatic N) is 2. The number of aromatic nitrogens is 3. The molecule has 0 bridgehead atoms. The maximum atomic E-state index is 12.8. The van der Waals surface area contributed by atoms with E-state index in [1.54, 1.807) is 13.0 Å². The third kappa shape index (κ3) is 3.33. The van der Waals surface area contributed by atoms with Gasteiger partial charge in [0.15, 0.2) is 5.76 Å². The van der Waals surface area contributed by atoms with E-state index in [0.717, 1.165) is 17.4 Å². The van der Waals surface area contributed by atoms with Gasteiger partial charge in [-0.3, -0.25) is 9.36 Å². The summed E-state index contributed by atoms with van der Waals surface area (Å²) in [5.74, 6) is 0.353. The van der Waals surface area contributed by atoms with Gasteiger partial charge in [-0.1, -0.05) is 5.16 Å². The fraction of sp³-hybridized carbons (Fsp3) is 0.353. The number of benzene rings is 1. The molecule has 2 heterocycles. The Morgan fingerprint density at radius 3 is 2.67 bits per heavy atom. The summed E-state index contributed by atoms with van der Waals surface area (Å²) in [7, 11) is -3.76. The van der Waals surface area contributed by atoms with Crippen molar-refractivity contribution in [3.8, 4) is 0 Å². The number of H-pyrrole nitrogens is 1. The van der Waals surface area contributed by atoms with Crippen molar-refractivity contribution < 1.29 is 12.9 Å². The number of hydrogen-bond donors (Lipinski definition) is 2. The highest BCUT2D eigenvalue weighted by Gasteiger charge is 2.41. The fourth-order valence-corrected chi connectivity index (χ4v) is 4.35. The van der Waals surface area contributed by atoms with Gasteiger partial charge in [-0.25, -0.2) is 17.9 Å². The molecule has 0 aliphatic heterocycles. The molecule has 0 radical (unpaired) electrons. The second kappa shape index (κ2) is 5.89. The van der Waals surface area contributed by atoms with Crippen LogP contribution in [0, 0.1) is 6.92 Å². The summed E-state index contributed by atoms with van der Waals surface area (Å²) in [6, 6.07) is 5.70. The summed E-state index contributed by atoms with van der Waals surface area (Å²) in [6.45, 7) is 3.46. The lowest BCUT2D eigenvalue weighted by Gasteiger charge is -2.12. The van der Waals surface area contributed by atoms with E-state index in [1.165, 1.54) is 18.2 Å². The molecule has 27 heavy (non-hydrogen) atoms. The number of fused-ring (bicyclic) bond motifs is 1. The van der Waals surface area contributed by atoms with E-state index < -0.39 is 26.8 Å². The summed E-state index contributed by atoms with van der Waals surface area (Å²) < 4.78 is 33.8. The standard InChI is InChI=1S/C17H18N4O5S/c1-10-7-11(26-19-10)9-21-15(22)13-8-12(3-4-14(13)18-16(21)23)27(24,25)20-17(2)5-6-17/h3-4,7-8,20H,5-6,9H2,1-2H3,(H,18,23). The van der Waals surface area contributed by atoms with E-state index in [9.17, 15) is 18.0 Å². The minimum atomic E-state index is -3.76. The van der Waals surface area contributed by atoms with Gasteiger partial charge in [-0.05, 0) is 44.9 Å². The average molecular weight is 390 g/mol. The van der Waals surface area contributed by atoms with Crippen molar-refractivity contribution in [3.63, 3.8) is 0 Å². The van der Waals surface area contributed by atoms with Gasteiger partial charge < -0.3 is 9.51 Å². The van der Waals surface area contributed by atoms with Crippen LogP contribution in [0.1, 0.15) is 31.2 Å². The molecular weight excluding hydrogens is 372 g/mol.